The van der Waals surface area contributed by atoms with E-state index in [4.69, 9.17) is 0 Å². The average Bonchev–Trinajstić information content (AvgIpc) is 2.93. The molecule has 0 bridgehead atoms. The summed E-state index contributed by atoms with van der Waals surface area (Å²) < 4.78 is 41.2. The Labute approximate surface area is 244 Å². The van der Waals surface area contributed by atoms with E-state index in [0.717, 1.165) is 32.6 Å². The average molecular weight is 633 g/mol. The van der Waals surface area contributed by atoms with Crippen molar-refractivity contribution in [3.05, 3.63) is 100 Å². The van der Waals surface area contributed by atoms with Gasteiger partial charge in [0.25, 0.3) is 0 Å². The van der Waals surface area contributed by atoms with Crippen molar-refractivity contribution in [2.24, 2.45) is 0 Å². The standard InChI is InChI=1S/C30H35BrFN3O4S/c1-3-19-33-30(37)28(21-23-10-5-4-6-11-23)34(22-24-15-17-25(31)18-16-24)29(36)14-9-20-35(40(2,38)39)27-13-8-7-12-26(27)32/h4-8,10-13,15-18,28H,3,9,14,19-22H2,1-2H3,(H,33,37)/t28-/m1/s1. The molecule has 0 aliphatic rings. The fourth-order valence-electron chi connectivity index (χ4n) is 4.34. The number of para-hydroxylation sites is 1. The Kier molecular flexibility index (Phi) is 11.7. The van der Waals surface area contributed by atoms with Gasteiger partial charge in [-0.25, -0.2) is 12.8 Å². The van der Waals surface area contributed by atoms with Gasteiger partial charge in [0.2, 0.25) is 21.8 Å². The largest absolute Gasteiger partial charge is 0.354 e. The molecule has 214 valence electrons. The molecular weight excluding hydrogens is 597 g/mol. The van der Waals surface area contributed by atoms with Crippen molar-refractivity contribution in [1.82, 2.24) is 10.2 Å². The van der Waals surface area contributed by atoms with E-state index in [0.29, 0.717) is 13.0 Å². The van der Waals surface area contributed by atoms with E-state index in [2.05, 4.69) is 21.2 Å². The molecule has 2 amide bonds. The Hall–Kier alpha value is -3.24. The summed E-state index contributed by atoms with van der Waals surface area (Å²) in [5.74, 6) is -1.20. The van der Waals surface area contributed by atoms with Gasteiger partial charge in [-0.1, -0.05) is 77.5 Å². The van der Waals surface area contributed by atoms with Crippen LogP contribution in [0.4, 0.5) is 10.1 Å². The first-order valence-corrected chi connectivity index (χ1v) is 15.8. The van der Waals surface area contributed by atoms with Crippen molar-refractivity contribution in [3.63, 3.8) is 0 Å². The van der Waals surface area contributed by atoms with Crippen LogP contribution in [0.25, 0.3) is 0 Å². The first-order valence-electron chi connectivity index (χ1n) is 13.2. The molecule has 0 spiro atoms. The number of benzene rings is 3. The number of sulfonamides is 1. The summed E-state index contributed by atoms with van der Waals surface area (Å²) >= 11 is 3.43. The molecule has 0 saturated carbocycles. The predicted molar refractivity (Wildman–Crippen MR) is 160 cm³/mol. The first kappa shape index (κ1) is 31.3. The lowest BCUT2D eigenvalue weighted by molar-refractivity contribution is -0.141. The summed E-state index contributed by atoms with van der Waals surface area (Å²) in [6.07, 6.45) is 2.20. The molecule has 0 aliphatic heterocycles. The summed E-state index contributed by atoms with van der Waals surface area (Å²) in [6.45, 7) is 2.56. The molecule has 0 aromatic heterocycles. The Balaban J connectivity index is 1.87. The molecule has 0 unspecified atom stereocenters. The van der Waals surface area contributed by atoms with Gasteiger partial charge in [-0.05, 0) is 48.2 Å². The fourth-order valence-corrected chi connectivity index (χ4v) is 5.57. The first-order chi connectivity index (χ1) is 19.1. The number of carbonyl (C=O) groups is 2. The number of halogens is 2. The molecule has 0 aliphatic carbocycles. The maximum absolute atomic E-state index is 14.4. The highest BCUT2D eigenvalue weighted by atomic mass is 79.9. The molecule has 1 atom stereocenters. The zero-order chi connectivity index (χ0) is 29.1. The van der Waals surface area contributed by atoms with E-state index in [-0.39, 0.29) is 43.4 Å². The number of rotatable bonds is 14. The summed E-state index contributed by atoms with van der Waals surface area (Å²) in [5.41, 5.74) is 1.70. The third kappa shape index (κ3) is 9.16. The van der Waals surface area contributed by atoms with Gasteiger partial charge >= 0.3 is 0 Å². The van der Waals surface area contributed by atoms with Crippen molar-refractivity contribution < 1.29 is 22.4 Å². The third-order valence-corrected chi connectivity index (χ3v) is 8.07. The Morgan fingerprint density at radius 2 is 1.60 bits per heavy atom. The molecule has 3 aromatic rings. The van der Waals surface area contributed by atoms with E-state index in [9.17, 15) is 22.4 Å². The monoisotopic (exact) mass is 631 g/mol. The maximum Gasteiger partial charge on any atom is 0.243 e. The molecule has 3 rings (SSSR count). The molecule has 10 heteroatoms. The molecule has 7 nitrogen and oxygen atoms in total. The quantitative estimate of drug-likeness (QED) is 0.262. The molecule has 3 aromatic carbocycles. The highest BCUT2D eigenvalue weighted by molar-refractivity contribution is 9.10. The van der Waals surface area contributed by atoms with Crippen LogP contribution < -0.4 is 9.62 Å². The van der Waals surface area contributed by atoms with Gasteiger partial charge in [0.15, 0.2) is 0 Å². The van der Waals surface area contributed by atoms with E-state index < -0.39 is 21.9 Å². The van der Waals surface area contributed by atoms with Gasteiger partial charge in [0, 0.05) is 36.9 Å². The second kappa shape index (κ2) is 14.9. The van der Waals surface area contributed by atoms with Crippen molar-refractivity contribution in [2.75, 3.05) is 23.7 Å². The van der Waals surface area contributed by atoms with E-state index in [1.54, 1.807) is 11.0 Å². The Bertz CT molecular complexity index is 1370. The van der Waals surface area contributed by atoms with Gasteiger partial charge in [0.1, 0.15) is 11.9 Å². The van der Waals surface area contributed by atoms with E-state index in [1.165, 1.54) is 18.2 Å². The predicted octanol–water partition coefficient (Wildman–Crippen LogP) is 5.30. The zero-order valence-electron chi connectivity index (χ0n) is 22.7. The van der Waals surface area contributed by atoms with Crippen LogP contribution in [-0.2, 0) is 32.6 Å². The van der Waals surface area contributed by atoms with Gasteiger partial charge in [-0.15, -0.1) is 0 Å². The highest BCUT2D eigenvalue weighted by Crippen LogP contribution is 2.23. The lowest BCUT2D eigenvalue weighted by atomic mass is 10.0. The molecule has 40 heavy (non-hydrogen) atoms. The number of hydrogen-bond donors (Lipinski definition) is 1. The van der Waals surface area contributed by atoms with Gasteiger partial charge in [0.05, 0.1) is 11.9 Å². The zero-order valence-corrected chi connectivity index (χ0v) is 25.1. The highest BCUT2D eigenvalue weighted by Gasteiger charge is 2.30. The Morgan fingerprint density at radius 1 is 0.950 bits per heavy atom. The lowest BCUT2D eigenvalue weighted by Crippen LogP contribution is -2.50. The Morgan fingerprint density at radius 3 is 2.23 bits per heavy atom. The summed E-state index contributed by atoms with van der Waals surface area (Å²) in [5, 5.41) is 2.94. The van der Waals surface area contributed by atoms with Gasteiger partial charge in [-0.2, -0.15) is 0 Å². The second-order valence-electron chi connectivity index (χ2n) is 9.53. The number of nitrogens with one attached hydrogen (secondary N) is 1. The molecule has 0 heterocycles. The van der Waals surface area contributed by atoms with Crippen molar-refractivity contribution in [2.45, 2.75) is 45.2 Å². The number of hydrogen-bond acceptors (Lipinski definition) is 4. The number of anilines is 1. The van der Waals surface area contributed by atoms with Crippen LogP contribution in [0.3, 0.4) is 0 Å². The number of nitrogens with zero attached hydrogens (tertiary/aromatic N) is 2. The number of carbonyl (C=O) groups excluding carboxylic acids is 2. The molecule has 0 saturated heterocycles. The van der Waals surface area contributed by atoms with E-state index >= 15 is 0 Å². The van der Waals surface area contributed by atoms with Crippen molar-refractivity contribution in [1.29, 1.82) is 0 Å². The molecule has 0 fully saturated rings. The smallest absolute Gasteiger partial charge is 0.243 e. The third-order valence-electron chi connectivity index (χ3n) is 6.36. The minimum absolute atomic E-state index is 0.0245. The summed E-state index contributed by atoms with van der Waals surface area (Å²) in [7, 11) is -3.79. The van der Waals surface area contributed by atoms with E-state index in [1.807, 2.05) is 61.5 Å². The SMILES string of the molecule is CCCNC(=O)[C@@H](Cc1ccccc1)N(Cc1ccc(Br)cc1)C(=O)CCCN(c1ccccc1F)S(C)(=O)=O. The van der Waals surface area contributed by atoms with Crippen LogP contribution in [-0.4, -0.2) is 50.5 Å². The van der Waals surface area contributed by atoms with Crippen LogP contribution in [0.5, 0.6) is 0 Å². The maximum atomic E-state index is 14.4. The number of amides is 2. The van der Waals surface area contributed by atoms with Crippen LogP contribution in [0.1, 0.15) is 37.3 Å². The molecule has 0 radical (unpaired) electrons. The second-order valence-corrected chi connectivity index (χ2v) is 12.4. The van der Waals surface area contributed by atoms with Gasteiger partial charge < -0.3 is 10.2 Å². The van der Waals surface area contributed by atoms with Crippen LogP contribution in [0.15, 0.2) is 83.3 Å². The fraction of sp³-hybridized carbons (Fsp3) is 0.333. The minimum atomic E-state index is -3.79. The molecule has 1 N–H and O–H groups in total. The lowest BCUT2D eigenvalue weighted by Gasteiger charge is -2.32. The van der Waals surface area contributed by atoms with Crippen molar-refractivity contribution in [3.8, 4) is 0 Å². The van der Waals surface area contributed by atoms with Crippen LogP contribution >= 0.6 is 15.9 Å². The summed E-state index contributed by atoms with van der Waals surface area (Å²) in [6, 6.07) is 21.9. The molecular formula is C30H35BrFN3O4S. The minimum Gasteiger partial charge on any atom is -0.354 e. The van der Waals surface area contributed by atoms with Crippen LogP contribution in [0.2, 0.25) is 0 Å². The van der Waals surface area contributed by atoms with Crippen LogP contribution in [0, 0.1) is 5.82 Å². The topological polar surface area (TPSA) is 86.8 Å². The summed E-state index contributed by atoms with van der Waals surface area (Å²) in [4.78, 5) is 28.7. The van der Waals surface area contributed by atoms with Crippen molar-refractivity contribution >= 4 is 43.5 Å². The van der Waals surface area contributed by atoms with Gasteiger partial charge in [-0.3, -0.25) is 13.9 Å². The normalized spacial score (nSPS) is 12.0.